The lowest BCUT2D eigenvalue weighted by molar-refractivity contribution is -0.154. The molecule has 0 fully saturated rings. The van der Waals surface area contributed by atoms with Gasteiger partial charge in [-0.2, -0.15) is 5.26 Å². The van der Waals surface area contributed by atoms with Crippen molar-refractivity contribution in [3.8, 4) is 11.8 Å². The maximum Gasteiger partial charge on any atom is 0.347 e. The van der Waals surface area contributed by atoms with Gasteiger partial charge in [0.15, 0.2) is 12.7 Å². The molecule has 0 aliphatic heterocycles. The molecule has 1 rings (SSSR count). The van der Waals surface area contributed by atoms with Crippen molar-refractivity contribution in [1.82, 2.24) is 10.6 Å². The quantitative estimate of drug-likeness (QED) is 0.668. The zero-order chi connectivity index (χ0) is 17.2. The highest BCUT2D eigenvalue weighted by molar-refractivity contribution is 5.86. The predicted octanol–water partition coefficient (Wildman–Crippen LogP) is -0.269. The molecule has 0 aromatic heterocycles. The molecule has 1 aromatic rings. The predicted molar refractivity (Wildman–Crippen MR) is 79.3 cm³/mol. The molecule has 8 heteroatoms. The number of hydrogen-bond donors (Lipinski definition) is 2. The molecule has 1 atom stereocenters. The average molecular weight is 319 g/mol. The summed E-state index contributed by atoms with van der Waals surface area (Å²) < 4.78 is 10.1. The summed E-state index contributed by atoms with van der Waals surface area (Å²) in [6, 6.07) is 8.19. The van der Waals surface area contributed by atoms with Gasteiger partial charge in [-0.05, 0) is 31.2 Å². The van der Waals surface area contributed by atoms with Crippen molar-refractivity contribution in [2.45, 2.75) is 13.0 Å². The first-order chi connectivity index (χ1) is 11.0. The first-order valence-electron chi connectivity index (χ1n) is 6.77. The van der Waals surface area contributed by atoms with E-state index in [-0.39, 0.29) is 12.5 Å². The van der Waals surface area contributed by atoms with E-state index in [1.165, 1.54) is 14.0 Å². The third-order valence-corrected chi connectivity index (χ3v) is 2.70. The fourth-order valence-corrected chi connectivity index (χ4v) is 1.43. The van der Waals surface area contributed by atoms with Crippen molar-refractivity contribution in [2.24, 2.45) is 0 Å². The number of nitriles is 1. The summed E-state index contributed by atoms with van der Waals surface area (Å²) in [4.78, 5) is 34.0. The number of esters is 1. The summed E-state index contributed by atoms with van der Waals surface area (Å²) in [7, 11) is 1.44. The van der Waals surface area contributed by atoms with Gasteiger partial charge in [-0.1, -0.05) is 0 Å². The Morgan fingerprint density at radius 3 is 2.43 bits per heavy atom. The van der Waals surface area contributed by atoms with Crippen LogP contribution in [-0.4, -0.2) is 44.1 Å². The normalized spacial score (nSPS) is 10.8. The molecule has 0 bridgehead atoms. The monoisotopic (exact) mass is 319 g/mol. The second kappa shape index (κ2) is 9.04. The van der Waals surface area contributed by atoms with Gasteiger partial charge in [0, 0.05) is 7.05 Å². The number of benzene rings is 1. The van der Waals surface area contributed by atoms with Crippen LogP contribution in [0.1, 0.15) is 12.5 Å². The van der Waals surface area contributed by atoms with Crippen LogP contribution in [0.2, 0.25) is 0 Å². The second-order valence-corrected chi connectivity index (χ2v) is 4.45. The topological polar surface area (TPSA) is 118 Å². The van der Waals surface area contributed by atoms with Crippen LogP contribution in [0.15, 0.2) is 24.3 Å². The third-order valence-electron chi connectivity index (χ3n) is 2.70. The van der Waals surface area contributed by atoms with Crippen LogP contribution < -0.4 is 15.4 Å². The highest BCUT2D eigenvalue weighted by atomic mass is 16.6. The van der Waals surface area contributed by atoms with E-state index in [0.717, 1.165) is 0 Å². The molecule has 0 saturated heterocycles. The van der Waals surface area contributed by atoms with Gasteiger partial charge >= 0.3 is 5.97 Å². The molecule has 0 unspecified atom stereocenters. The fraction of sp³-hybridized carbons (Fsp3) is 0.333. The van der Waals surface area contributed by atoms with Crippen molar-refractivity contribution < 1.29 is 23.9 Å². The molecule has 0 spiro atoms. The van der Waals surface area contributed by atoms with Crippen molar-refractivity contribution in [3.63, 3.8) is 0 Å². The van der Waals surface area contributed by atoms with Gasteiger partial charge < -0.3 is 20.1 Å². The summed E-state index contributed by atoms with van der Waals surface area (Å²) in [6.45, 7) is 0.782. The highest BCUT2D eigenvalue weighted by Gasteiger charge is 2.18. The Hall–Kier alpha value is -3.08. The van der Waals surface area contributed by atoms with Gasteiger partial charge in [0.2, 0.25) is 5.91 Å². The first-order valence-corrected chi connectivity index (χ1v) is 6.77. The molecule has 0 radical (unpaired) electrons. The number of ether oxygens (including phenoxy) is 2. The zero-order valence-electron chi connectivity index (χ0n) is 12.8. The van der Waals surface area contributed by atoms with E-state index in [4.69, 9.17) is 14.7 Å². The molecule has 2 N–H and O–H groups in total. The van der Waals surface area contributed by atoms with Crippen molar-refractivity contribution in [1.29, 1.82) is 5.26 Å². The van der Waals surface area contributed by atoms with Crippen LogP contribution in [0.4, 0.5) is 0 Å². The van der Waals surface area contributed by atoms with Crippen LogP contribution in [-0.2, 0) is 19.1 Å². The molecule has 23 heavy (non-hydrogen) atoms. The summed E-state index contributed by atoms with van der Waals surface area (Å²) in [5, 5.41) is 13.3. The second-order valence-electron chi connectivity index (χ2n) is 4.45. The molecule has 122 valence electrons. The molecule has 1 aromatic carbocycles. The SMILES string of the molecule is CNC(=O)CNC(=O)COC(=O)[C@@H](C)Oc1ccc(C#N)cc1. The first kappa shape index (κ1) is 18.0. The average Bonchev–Trinajstić information content (AvgIpc) is 2.57. The van der Waals surface area contributed by atoms with E-state index in [0.29, 0.717) is 11.3 Å². The Morgan fingerprint density at radius 2 is 1.87 bits per heavy atom. The van der Waals surface area contributed by atoms with Gasteiger partial charge in [-0.25, -0.2) is 4.79 Å². The third kappa shape index (κ3) is 6.48. The standard InChI is InChI=1S/C15H17N3O5/c1-10(23-12-5-3-11(7-16)4-6-12)15(21)22-9-14(20)18-8-13(19)17-2/h3-6,10H,8-9H2,1-2H3,(H,17,19)(H,18,20)/t10-/m1/s1. The fourth-order valence-electron chi connectivity index (χ4n) is 1.43. The van der Waals surface area contributed by atoms with Crippen LogP contribution in [0.25, 0.3) is 0 Å². The summed E-state index contributed by atoms with van der Waals surface area (Å²) in [6.07, 6.45) is -0.922. The van der Waals surface area contributed by atoms with Gasteiger partial charge in [-0.15, -0.1) is 0 Å². The minimum absolute atomic E-state index is 0.190. The van der Waals surface area contributed by atoms with Gasteiger partial charge in [-0.3, -0.25) is 9.59 Å². The lowest BCUT2D eigenvalue weighted by atomic mass is 10.2. The number of carbonyl (C=O) groups is 3. The number of likely N-dealkylation sites (N-methyl/N-ethyl adjacent to an activating group) is 1. The smallest absolute Gasteiger partial charge is 0.347 e. The zero-order valence-corrected chi connectivity index (χ0v) is 12.8. The Kier molecular flexibility index (Phi) is 7.07. The number of carbonyl (C=O) groups excluding carboxylic acids is 3. The summed E-state index contributed by atoms with van der Waals surface area (Å²) in [5.74, 6) is -1.27. The molecule has 0 aliphatic rings. The van der Waals surface area contributed by atoms with E-state index < -0.39 is 24.6 Å². The molecule has 0 saturated carbocycles. The van der Waals surface area contributed by atoms with Gasteiger partial charge in [0.1, 0.15) is 5.75 Å². The number of nitrogens with one attached hydrogen (secondary N) is 2. The van der Waals surface area contributed by atoms with Crippen molar-refractivity contribution in [3.05, 3.63) is 29.8 Å². The van der Waals surface area contributed by atoms with Crippen molar-refractivity contribution >= 4 is 17.8 Å². The number of hydrogen-bond acceptors (Lipinski definition) is 6. The Balaban J connectivity index is 2.37. The number of amides is 2. The maximum atomic E-state index is 11.7. The maximum absolute atomic E-state index is 11.7. The lowest BCUT2D eigenvalue weighted by Crippen LogP contribution is -2.38. The summed E-state index contributed by atoms with van der Waals surface area (Å²) in [5.41, 5.74) is 0.473. The molecule has 0 aliphatic carbocycles. The van der Waals surface area contributed by atoms with Crippen LogP contribution >= 0.6 is 0 Å². The number of rotatable bonds is 7. The van der Waals surface area contributed by atoms with Crippen LogP contribution in [0, 0.1) is 11.3 Å². The Labute approximate surface area is 133 Å². The minimum Gasteiger partial charge on any atom is -0.479 e. The van der Waals surface area contributed by atoms with Crippen LogP contribution in [0.3, 0.4) is 0 Å². The van der Waals surface area contributed by atoms with Crippen LogP contribution in [0.5, 0.6) is 5.75 Å². The minimum atomic E-state index is -0.922. The van der Waals surface area contributed by atoms with E-state index >= 15 is 0 Å². The van der Waals surface area contributed by atoms with Crippen molar-refractivity contribution in [2.75, 3.05) is 20.2 Å². The largest absolute Gasteiger partial charge is 0.479 e. The molecule has 2 amide bonds. The lowest BCUT2D eigenvalue weighted by Gasteiger charge is -2.13. The van der Waals surface area contributed by atoms with E-state index in [9.17, 15) is 14.4 Å². The van der Waals surface area contributed by atoms with Gasteiger partial charge in [0.05, 0.1) is 18.2 Å². The Morgan fingerprint density at radius 1 is 1.22 bits per heavy atom. The molecule has 8 nitrogen and oxygen atoms in total. The molecule has 0 heterocycles. The van der Waals surface area contributed by atoms with Gasteiger partial charge in [0.25, 0.3) is 5.91 Å². The Bertz CT molecular complexity index is 607. The van der Waals surface area contributed by atoms with E-state index in [1.54, 1.807) is 24.3 Å². The molecular weight excluding hydrogens is 302 g/mol. The van der Waals surface area contributed by atoms with E-state index in [2.05, 4.69) is 10.6 Å². The molecular formula is C15H17N3O5. The number of nitrogens with zero attached hydrogens (tertiary/aromatic N) is 1. The van der Waals surface area contributed by atoms with E-state index in [1.807, 2.05) is 6.07 Å². The summed E-state index contributed by atoms with van der Waals surface area (Å²) >= 11 is 0. The highest BCUT2D eigenvalue weighted by Crippen LogP contribution is 2.13.